The van der Waals surface area contributed by atoms with Gasteiger partial charge >= 0.3 is 12.1 Å². The number of imide groups is 1. The lowest BCUT2D eigenvalue weighted by atomic mass is 10.1. The van der Waals surface area contributed by atoms with Gasteiger partial charge in [0.25, 0.3) is 5.91 Å². The molecular formula is C21H25ClN8O4. The number of amides is 5. The fourth-order valence-electron chi connectivity index (χ4n) is 3.57. The van der Waals surface area contributed by atoms with E-state index in [1.807, 2.05) is 0 Å². The summed E-state index contributed by atoms with van der Waals surface area (Å²) < 4.78 is 0. The summed E-state index contributed by atoms with van der Waals surface area (Å²) in [6, 6.07) is 9.29. The number of hydrazine groups is 1. The van der Waals surface area contributed by atoms with Gasteiger partial charge in [-0.25, -0.2) is 25.3 Å². The summed E-state index contributed by atoms with van der Waals surface area (Å²) in [4.78, 5) is 50.7. The molecule has 0 radical (unpaired) electrons. The van der Waals surface area contributed by atoms with Crippen LogP contribution in [0.1, 0.15) is 24.5 Å². The molecule has 0 saturated carbocycles. The Morgan fingerprint density at radius 3 is 2.47 bits per heavy atom. The SMILES string of the molecule is C[C@@H](CC(=O)N=O)N1C(=O)N(N)C(Nc2ccc(N)c(CN)c2)N(Cc2ccc(Cl)cc2)C1=O. The lowest BCUT2D eigenvalue weighted by Crippen LogP contribution is -2.71. The van der Waals surface area contributed by atoms with Crippen LogP contribution in [0.15, 0.2) is 47.6 Å². The van der Waals surface area contributed by atoms with Gasteiger partial charge < -0.3 is 16.8 Å². The molecule has 1 aliphatic heterocycles. The maximum absolute atomic E-state index is 13.5. The number of benzene rings is 2. The molecular weight excluding hydrogens is 464 g/mol. The predicted octanol–water partition coefficient (Wildman–Crippen LogP) is 2.38. The van der Waals surface area contributed by atoms with Gasteiger partial charge in [-0.15, -0.1) is 4.91 Å². The van der Waals surface area contributed by atoms with Gasteiger partial charge in [-0.3, -0.25) is 9.69 Å². The van der Waals surface area contributed by atoms with Gasteiger partial charge in [-0.05, 0) is 48.4 Å². The smallest absolute Gasteiger partial charge is 0.345 e. The van der Waals surface area contributed by atoms with Crippen LogP contribution in [0.2, 0.25) is 5.02 Å². The molecule has 1 saturated heterocycles. The zero-order valence-corrected chi connectivity index (χ0v) is 19.1. The van der Waals surface area contributed by atoms with Crippen LogP contribution in [0.5, 0.6) is 0 Å². The molecule has 0 aromatic heterocycles. The van der Waals surface area contributed by atoms with Crippen molar-refractivity contribution in [2.75, 3.05) is 11.1 Å². The zero-order chi connectivity index (χ0) is 25.0. The van der Waals surface area contributed by atoms with Gasteiger partial charge in [-0.1, -0.05) is 23.7 Å². The summed E-state index contributed by atoms with van der Waals surface area (Å²) in [5, 5.41) is 6.77. The number of carbonyl (C=O) groups is 3. The molecule has 2 aromatic rings. The van der Waals surface area contributed by atoms with Crippen molar-refractivity contribution in [1.29, 1.82) is 0 Å². The van der Waals surface area contributed by atoms with Gasteiger partial charge in [0.05, 0.1) is 13.0 Å². The topological polar surface area (TPSA) is 180 Å². The Labute approximate surface area is 200 Å². The van der Waals surface area contributed by atoms with E-state index >= 15 is 0 Å². The van der Waals surface area contributed by atoms with Gasteiger partial charge in [0.15, 0.2) is 0 Å². The second-order valence-corrected chi connectivity index (χ2v) is 8.21. The van der Waals surface area contributed by atoms with E-state index < -0.39 is 36.7 Å². The molecule has 34 heavy (non-hydrogen) atoms. The molecule has 1 fully saturated rings. The molecule has 1 aliphatic rings. The largest absolute Gasteiger partial charge is 0.398 e. The molecule has 13 heteroatoms. The summed E-state index contributed by atoms with van der Waals surface area (Å²) in [6.07, 6.45) is -1.52. The fraction of sp³-hybridized carbons (Fsp3) is 0.286. The highest BCUT2D eigenvalue weighted by Crippen LogP contribution is 2.26. The van der Waals surface area contributed by atoms with Crippen molar-refractivity contribution >= 4 is 40.9 Å². The zero-order valence-electron chi connectivity index (χ0n) is 18.3. The minimum absolute atomic E-state index is 0.0520. The van der Waals surface area contributed by atoms with Crippen LogP contribution >= 0.6 is 11.6 Å². The molecule has 1 heterocycles. The van der Waals surface area contributed by atoms with Crippen molar-refractivity contribution in [3.63, 3.8) is 0 Å². The highest BCUT2D eigenvalue weighted by molar-refractivity contribution is 6.30. The summed E-state index contributed by atoms with van der Waals surface area (Å²) in [6.45, 7) is 1.69. The summed E-state index contributed by atoms with van der Waals surface area (Å²) >= 11 is 5.97. The number of nitrogen functional groups attached to an aromatic ring is 1. The van der Waals surface area contributed by atoms with Gasteiger partial charge in [0.2, 0.25) is 6.29 Å². The lowest BCUT2D eigenvalue weighted by Gasteiger charge is -2.47. The number of rotatable bonds is 8. The average Bonchev–Trinajstić information content (AvgIpc) is 2.82. The van der Waals surface area contributed by atoms with E-state index in [4.69, 9.17) is 28.9 Å². The average molecular weight is 489 g/mol. The second kappa shape index (κ2) is 10.5. The Hall–Kier alpha value is -3.74. The molecule has 0 aliphatic carbocycles. The number of carbonyl (C=O) groups excluding carboxylic acids is 3. The lowest BCUT2D eigenvalue weighted by molar-refractivity contribution is -0.118. The van der Waals surface area contributed by atoms with E-state index in [0.29, 0.717) is 27.5 Å². The van der Waals surface area contributed by atoms with E-state index in [1.54, 1.807) is 42.5 Å². The first-order chi connectivity index (χ1) is 16.2. The van der Waals surface area contributed by atoms with Crippen molar-refractivity contribution < 1.29 is 14.4 Å². The van der Waals surface area contributed by atoms with Crippen molar-refractivity contribution in [2.45, 2.75) is 38.8 Å². The Morgan fingerprint density at radius 1 is 1.18 bits per heavy atom. The molecule has 0 spiro atoms. The number of anilines is 2. The van der Waals surface area contributed by atoms with Gasteiger partial charge in [0.1, 0.15) is 0 Å². The number of nitrogens with one attached hydrogen (secondary N) is 1. The molecule has 7 N–H and O–H groups in total. The monoisotopic (exact) mass is 488 g/mol. The predicted molar refractivity (Wildman–Crippen MR) is 127 cm³/mol. The summed E-state index contributed by atoms with van der Waals surface area (Å²) in [5.41, 5.74) is 14.1. The fourth-order valence-corrected chi connectivity index (χ4v) is 3.70. The van der Waals surface area contributed by atoms with Gasteiger partial charge in [0, 0.05) is 34.2 Å². The molecule has 0 bridgehead atoms. The van der Waals surface area contributed by atoms with E-state index in [-0.39, 0.29) is 13.1 Å². The second-order valence-electron chi connectivity index (χ2n) is 7.77. The number of urea groups is 2. The van der Waals surface area contributed by atoms with E-state index in [1.165, 1.54) is 11.8 Å². The molecule has 5 amide bonds. The van der Waals surface area contributed by atoms with Crippen LogP contribution in [-0.4, -0.2) is 45.1 Å². The van der Waals surface area contributed by atoms with E-state index in [2.05, 4.69) is 10.5 Å². The van der Waals surface area contributed by atoms with E-state index in [9.17, 15) is 19.3 Å². The third-order valence-electron chi connectivity index (χ3n) is 5.37. The van der Waals surface area contributed by atoms with Gasteiger partial charge in [-0.2, -0.15) is 0 Å². The van der Waals surface area contributed by atoms with Crippen LogP contribution in [0, 0.1) is 4.91 Å². The third kappa shape index (κ3) is 5.25. The number of nitroso groups, excluding NO2 is 1. The molecule has 1 unspecified atom stereocenters. The Morgan fingerprint density at radius 2 is 1.85 bits per heavy atom. The quantitative estimate of drug-likeness (QED) is 0.189. The number of hydrogen-bond donors (Lipinski definition) is 4. The first-order valence-electron chi connectivity index (χ1n) is 10.3. The minimum Gasteiger partial charge on any atom is -0.398 e. The first kappa shape index (κ1) is 24.9. The van der Waals surface area contributed by atoms with Crippen LogP contribution in [0.3, 0.4) is 0 Å². The normalized spacial score (nSPS) is 17.1. The molecule has 12 nitrogen and oxygen atoms in total. The van der Waals surface area contributed by atoms with Crippen molar-refractivity contribution in [3.8, 4) is 0 Å². The number of nitrogens with zero attached hydrogens (tertiary/aromatic N) is 4. The summed E-state index contributed by atoms with van der Waals surface area (Å²) in [7, 11) is 0. The molecule has 2 atom stereocenters. The number of halogens is 1. The highest BCUT2D eigenvalue weighted by Gasteiger charge is 2.45. The summed E-state index contributed by atoms with van der Waals surface area (Å²) in [5.74, 6) is 5.15. The maximum Gasteiger partial charge on any atom is 0.345 e. The van der Waals surface area contributed by atoms with Crippen molar-refractivity contribution in [3.05, 3.63) is 63.5 Å². The third-order valence-corrected chi connectivity index (χ3v) is 5.63. The Balaban J connectivity index is 1.97. The molecule has 2 aromatic carbocycles. The molecule has 3 rings (SSSR count). The molecule has 180 valence electrons. The highest BCUT2D eigenvalue weighted by atomic mass is 35.5. The Kier molecular flexibility index (Phi) is 7.66. The number of hydrogen-bond acceptors (Lipinski definition) is 8. The minimum atomic E-state index is -1.09. The number of nitrogens with two attached hydrogens (primary N) is 3. The van der Waals surface area contributed by atoms with E-state index in [0.717, 1.165) is 9.91 Å². The van der Waals surface area contributed by atoms with Crippen LogP contribution in [0.4, 0.5) is 21.0 Å². The standard InChI is InChI=1S/C21H25ClN8O4/c1-12(8-18(31)27-34)29-20(32)28(11-13-2-4-15(22)5-3-13)19(30(25)21(29)33)26-16-6-7-17(24)14(9-16)10-23/h2-7,9,12,19,26H,8,10-11,23-25H2,1H3/t12-,19?/m0/s1. The van der Waals surface area contributed by atoms with Crippen LogP contribution < -0.4 is 22.6 Å². The first-order valence-corrected chi connectivity index (χ1v) is 10.7. The Bertz CT molecular complexity index is 1100. The van der Waals surface area contributed by atoms with Crippen LogP contribution in [-0.2, 0) is 17.9 Å². The van der Waals surface area contributed by atoms with Crippen molar-refractivity contribution in [2.24, 2.45) is 16.8 Å². The van der Waals surface area contributed by atoms with Crippen molar-refractivity contribution in [1.82, 2.24) is 14.8 Å². The maximum atomic E-state index is 13.5. The van der Waals surface area contributed by atoms with Crippen LogP contribution in [0.25, 0.3) is 0 Å².